The minimum Gasteiger partial charge on any atom is -0.349 e. The van der Waals surface area contributed by atoms with Crippen LogP contribution in [0.15, 0.2) is 48.5 Å². The van der Waals surface area contributed by atoms with Crippen molar-refractivity contribution < 1.29 is 9.59 Å². The van der Waals surface area contributed by atoms with Crippen molar-refractivity contribution in [1.29, 1.82) is 0 Å². The predicted octanol–water partition coefficient (Wildman–Crippen LogP) is 4.10. The molecule has 1 fully saturated rings. The van der Waals surface area contributed by atoms with Gasteiger partial charge in [0.15, 0.2) is 0 Å². The maximum absolute atomic E-state index is 12.2. The van der Waals surface area contributed by atoms with Gasteiger partial charge in [0.2, 0.25) is 5.91 Å². The third-order valence-corrected chi connectivity index (χ3v) is 4.50. The first-order valence-electron chi connectivity index (χ1n) is 9.05. The molecule has 0 heterocycles. The summed E-state index contributed by atoms with van der Waals surface area (Å²) in [6, 6.07) is 13.6. The van der Waals surface area contributed by atoms with Gasteiger partial charge >= 0.3 is 0 Å². The molecule has 2 N–H and O–H groups in total. The lowest BCUT2D eigenvalue weighted by Crippen LogP contribution is -2.25. The van der Waals surface area contributed by atoms with E-state index >= 15 is 0 Å². The van der Waals surface area contributed by atoms with Gasteiger partial charge in [-0.2, -0.15) is 0 Å². The molecule has 0 spiro atoms. The van der Waals surface area contributed by atoms with Gasteiger partial charge in [-0.3, -0.25) is 9.59 Å². The highest BCUT2D eigenvalue weighted by Crippen LogP contribution is 2.21. The van der Waals surface area contributed by atoms with Gasteiger partial charge in [-0.05, 0) is 61.1 Å². The standard InChI is InChI=1S/C22H24N2O2/c1-3-17-6-4-5-15(2)21(17)24-20(25)14-9-16-7-10-18(11-8-16)22(26)23-19-12-13-19/h4-11,14,19H,3,12-13H2,1-2H3,(H,23,26)(H,24,25)/b14-9+. The molecule has 0 saturated heterocycles. The van der Waals surface area contributed by atoms with Gasteiger partial charge in [-0.15, -0.1) is 0 Å². The summed E-state index contributed by atoms with van der Waals surface area (Å²) >= 11 is 0. The zero-order valence-electron chi connectivity index (χ0n) is 15.2. The SMILES string of the molecule is CCc1cccc(C)c1NC(=O)/C=C/c1ccc(C(=O)NC2CC2)cc1. The maximum atomic E-state index is 12.2. The van der Waals surface area contributed by atoms with Gasteiger partial charge < -0.3 is 10.6 Å². The van der Waals surface area contributed by atoms with E-state index in [0.717, 1.165) is 41.6 Å². The van der Waals surface area contributed by atoms with E-state index in [2.05, 4.69) is 17.6 Å². The molecule has 3 rings (SSSR count). The van der Waals surface area contributed by atoms with Crippen LogP contribution in [-0.2, 0) is 11.2 Å². The number of hydrogen-bond donors (Lipinski definition) is 2. The summed E-state index contributed by atoms with van der Waals surface area (Å²) in [5.41, 5.74) is 4.58. The van der Waals surface area contributed by atoms with Crippen LogP contribution in [0.3, 0.4) is 0 Å². The Morgan fingerprint density at radius 1 is 1.12 bits per heavy atom. The van der Waals surface area contributed by atoms with Crippen molar-refractivity contribution in [3.8, 4) is 0 Å². The summed E-state index contributed by atoms with van der Waals surface area (Å²) in [6.07, 6.45) is 6.28. The normalized spacial score (nSPS) is 13.6. The van der Waals surface area contributed by atoms with Gasteiger partial charge in [-0.25, -0.2) is 0 Å². The Balaban J connectivity index is 1.62. The molecule has 4 heteroatoms. The summed E-state index contributed by atoms with van der Waals surface area (Å²) in [6.45, 7) is 4.06. The molecule has 0 bridgehead atoms. The van der Waals surface area contributed by atoms with Crippen molar-refractivity contribution in [2.24, 2.45) is 0 Å². The Labute approximate surface area is 154 Å². The number of hydrogen-bond acceptors (Lipinski definition) is 2. The van der Waals surface area contributed by atoms with Crippen LogP contribution in [0.5, 0.6) is 0 Å². The molecule has 0 radical (unpaired) electrons. The van der Waals surface area contributed by atoms with Crippen molar-refractivity contribution in [2.75, 3.05) is 5.32 Å². The van der Waals surface area contributed by atoms with E-state index in [-0.39, 0.29) is 11.8 Å². The van der Waals surface area contributed by atoms with Gasteiger partial charge in [0.05, 0.1) is 0 Å². The molecule has 2 aromatic rings. The van der Waals surface area contributed by atoms with Gasteiger partial charge in [0.1, 0.15) is 0 Å². The van der Waals surface area contributed by atoms with E-state index in [9.17, 15) is 9.59 Å². The number of amides is 2. The summed E-state index contributed by atoms with van der Waals surface area (Å²) in [4.78, 5) is 24.2. The number of anilines is 1. The smallest absolute Gasteiger partial charge is 0.251 e. The van der Waals surface area contributed by atoms with Crippen LogP contribution >= 0.6 is 0 Å². The van der Waals surface area contributed by atoms with E-state index in [1.54, 1.807) is 18.2 Å². The van der Waals surface area contributed by atoms with Crippen LogP contribution in [0, 0.1) is 6.92 Å². The van der Waals surface area contributed by atoms with Crippen LogP contribution in [-0.4, -0.2) is 17.9 Å². The second kappa shape index (κ2) is 8.00. The summed E-state index contributed by atoms with van der Waals surface area (Å²) in [5.74, 6) is -0.197. The fraction of sp³-hybridized carbons (Fsp3) is 0.273. The lowest BCUT2D eigenvalue weighted by molar-refractivity contribution is -0.111. The van der Waals surface area contributed by atoms with E-state index in [0.29, 0.717) is 11.6 Å². The highest BCUT2D eigenvalue weighted by Gasteiger charge is 2.23. The van der Waals surface area contributed by atoms with Crippen molar-refractivity contribution in [2.45, 2.75) is 39.2 Å². The summed E-state index contributed by atoms with van der Waals surface area (Å²) in [7, 11) is 0. The maximum Gasteiger partial charge on any atom is 0.251 e. The van der Waals surface area contributed by atoms with E-state index in [4.69, 9.17) is 0 Å². The Morgan fingerprint density at radius 3 is 2.50 bits per heavy atom. The molecule has 0 atom stereocenters. The Bertz CT molecular complexity index is 834. The predicted molar refractivity (Wildman–Crippen MR) is 105 cm³/mol. The zero-order chi connectivity index (χ0) is 18.5. The average Bonchev–Trinajstić information content (AvgIpc) is 3.46. The Morgan fingerprint density at radius 2 is 1.85 bits per heavy atom. The average molecular weight is 348 g/mol. The molecule has 0 unspecified atom stereocenters. The first-order valence-corrected chi connectivity index (χ1v) is 9.05. The fourth-order valence-corrected chi connectivity index (χ4v) is 2.78. The number of aryl methyl sites for hydroxylation is 2. The number of carbonyl (C=O) groups excluding carboxylic acids is 2. The molecule has 1 aliphatic carbocycles. The molecule has 4 nitrogen and oxygen atoms in total. The van der Waals surface area contributed by atoms with E-state index in [1.165, 1.54) is 6.08 Å². The number of carbonyl (C=O) groups is 2. The molecule has 0 aliphatic heterocycles. The van der Waals surface area contributed by atoms with Gasteiger partial charge in [-0.1, -0.05) is 37.3 Å². The van der Waals surface area contributed by atoms with Gasteiger partial charge in [0, 0.05) is 23.4 Å². The van der Waals surface area contributed by atoms with Crippen LogP contribution in [0.4, 0.5) is 5.69 Å². The highest BCUT2D eigenvalue weighted by molar-refractivity contribution is 6.03. The highest BCUT2D eigenvalue weighted by atomic mass is 16.2. The summed E-state index contributed by atoms with van der Waals surface area (Å²) < 4.78 is 0. The number of benzene rings is 2. The topological polar surface area (TPSA) is 58.2 Å². The largest absolute Gasteiger partial charge is 0.349 e. The van der Waals surface area contributed by atoms with Crippen LogP contribution in [0.2, 0.25) is 0 Å². The Kier molecular flexibility index (Phi) is 5.52. The third-order valence-electron chi connectivity index (χ3n) is 4.50. The molecule has 26 heavy (non-hydrogen) atoms. The van der Waals surface area contributed by atoms with Crippen LogP contribution in [0.1, 0.15) is 46.8 Å². The zero-order valence-corrected chi connectivity index (χ0v) is 15.2. The van der Waals surface area contributed by atoms with Gasteiger partial charge in [0.25, 0.3) is 5.91 Å². The number of rotatable bonds is 6. The van der Waals surface area contributed by atoms with E-state index < -0.39 is 0 Å². The lowest BCUT2D eigenvalue weighted by atomic mass is 10.1. The first-order chi connectivity index (χ1) is 12.6. The Hall–Kier alpha value is -2.88. The lowest BCUT2D eigenvalue weighted by Gasteiger charge is -2.11. The van der Waals surface area contributed by atoms with Crippen molar-refractivity contribution in [3.63, 3.8) is 0 Å². The molecule has 1 aliphatic rings. The monoisotopic (exact) mass is 348 g/mol. The number of para-hydroxylation sites is 1. The number of nitrogens with one attached hydrogen (secondary N) is 2. The fourth-order valence-electron chi connectivity index (χ4n) is 2.78. The van der Waals surface area contributed by atoms with Crippen LogP contribution in [0.25, 0.3) is 6.08 Å². The van der Waals surface area contributed by atoms with Crippen molar-refractivity contribution >= 4 is 23.6 Å². The molecule has 2 amide bonds. The summed E-state index contributed by atoms with van der Waals surface area (Å²) in [5, 5.41) is 5.93. The molecule has 134 valence electrons. The molecular formula is C22H24N2O2. The molecule has 2 aromatic carbocycles. The third kappa shape index (κ3) is 4.60. The van der Waals surface area contributed by atoms with Crippen molar-refractivity contribution in [3.05, 3.63) is 70.8 Å². The second-order valence-electron chi connectivity index (χ2n) is 6.65. The molecular weight excluding hydrogens is 324 g/mol. The molecule has 1 saturated carbocycles. The van der Waals surface area contributed by atoms with Crippen molar-refractivity contribution in [1.82, 2.24) is 5.32 Å². The van der Waals surface area contributed by atoms with E-state index in [1.807, 2.05) is 37.3 Å². The second-order valence-corrected chi connectivity index (χ2v) is 6.65. The molecule has 0 aromatic heterocycles. The quantitative estimate of drug-likeness (QED) is 0.772. The first kappa shape index (κ1) is 17.9. The minimum absolute atomic E-state index is 0.0348. The van der Waals surface area contributed by atoms with Crippen LogP contribution < -0.4 is 10.6 Å². The minimum atomic E-state index is -0.162.